The van der Waals surface area contributed by atoms with Crippen molar-refractivity contribution in [3.8, 4) is 5.75 Å². The molecule has 1 aromatic carbocycles. The van der Waals surface area contributed by atoms with Gasteiger partial charge >= 0.3 is 0 Å². The van der Waals surface area contributed by atoms with E-state index in [1.165, 1.54) is 49.8 Å². The molecule has 1 saturated carbocycles. The van der Waals surface area contributed by atoms with Gasteiger partial charge in [0.2, 0.25) is 0 Å². The van der Waals surface area contributed by atoms with Crippen LogP contribution in [0.2, 0.25) is 0 Å². The summed E-state index contributed by atoms with van der Waals surface area (Å²) in [5.74, 6) is 2.05. The fourth-order valence-corrected chi connectivity index (χ4v) is 5.65. The standard InChI is InChI=1S/C18H25NO/c1-12-4-3-7-18-8-9-19(2)16(17(12)18)10-13-5-6-14(20)11-15(13)18/h5-6,11-12,16-17,20H,3-4,7-10H2,1-2H3/t12-,16+,17?,18-/m0/s1. The van der Waals surface area contributed by atoms with Crippen molar-refractivity contribution in [2.75, 3.05) is 13.6 Å². The summed E-state index contributed by atoms with van der Waals surface area (Å²) in [5.41, 5.74) is 3.32. The van der Waals surface area contributed by atoms with Gasteiger partial charge in [-0.15, -0.1) is 0 Å². The second kappa shape index (κ2) is 4.24. The lowest BCUT2D eigenvalue weighted by molar-refractivity contribution is -0.0274. The Kier molecular flexibility index (Phi) is 2.69. The quantitative estimate of drug-likeness (QED) is 0.782. The molecule has 0 spiro atoms. The largest absolute Gasteiger partial charge is 0.508 e. The molecule has 1 saturated heterocycles. The van der Waals surface area contributed by atoms with Crippen molar-refractivity contribution in [3.63, 3.8) is 0 Å². The van der Waals surface area contributed by atoms with Gasteiger partial charge < -0.3 is 10.0 Å². The summed E-state index contributed by atoms with van der Waals surface area (Å²) in [6.07, 6.45) is 6.49. The number of likely N-dealkylation sites (tertiary alicyclic amines) is 1. The van der Waals surface area contributed by atoms with Crippen LogP contribution in [0.3, 0.4) is 0 Å². The van der Waals surface area contributed by atoms with Gasteiger partial charge in [0, 0.05) is 11.5 Å². The average molecular weight is 271 g/mol. The van der Waals surface area contributed by atoms with Crippen molar-refractivity contribution < 1.29 is 5.11 Å². The number of likely N-dealkylation sites (N-methyl/N-ethyl adjacent to an activating group) is 1. The van der Waals surface area contributed by atoms with Crippen LogP contribution in [0.1, 0.15) is 43.7 Å². The molecule has 2 aliphatic carbocycles. The highest BCUT2D eigenvalue weighted by Gasteiger charge is 2.55. The Bertz CT molecular complexity index is 540. The highest BCUT2D eigenvalue weighted by Crippen LogP contribution is 2.57. The van der Waals surface area contributed by atoms with Gasteiger partial charge in [-0.25, -0.2) is 0 Å². The van der Waals surface area contributed by atoms with Crippen LogP contribution in [0.5, 0.6) is 5.75 Å². The van der Waals surface area contributed by atoms with Gasteiger partial charge in [0.25, 0.3) is 0 Å². The summed E-state index contributed by atoms with van der Waals surface area (Å²) in [4.78, 5) is 2.60. The Morgan fingerprint density at radius 1 is 1.30 bits per heavy atom. The number of rotatable bonds is 0. The molecular formula is C18H25NO. The van der Waals surface area contributed by atoms with E-state index < -0.39 is 0 Å². The van der Waals surface area contributed by atoms with Crippen LogP contribution in [0, 0.1) is 11.8 Å². The maximum Gasteiger partial charge on any atom is 0.115 e. The van der Waals surface area contributed by atoms with E-state index in [4.69, 9.17) is 0 Å². The number of fused-ring (bicyclic) bond motifs is 1. The van der Waals surface area contributed by atoms with Crippen LogP contribution < -0.4 is 0 Å². The number of nitrogens with zero attached hydrogens (tertiary/aromatic N) is 1. The maximum atomic E-state index is 9.98. The van der Waals surface area contributed by atoms with Crippen LogP contribution >= 0.6 is 0 Å². The molecule has 2 bridgehead atoms. The Labute approximate surface area is 121 Å². The van der Waals surface area contributed by atoms with E-state index >= 15 is 0 Å². The molecule has 1 unspecified atom stereocenters. The Morgan fingerprint density at radius 2 is 2.15 bits per heavy atom. The smallest absolute Gasteiger partial charge is 0.115 e. The first-order chi connectivity index (χ1) is 9.62. The molecule has 0 radical (unpaired) electrons. The van der Waals surface area contributed by atoms with Gasteiger partial charge in [-0.3, -0.25) is 0 Å². The molecule has 0 amide bonds. The van der Waals surface area contributed by atoms with Gasteiger partial charge in [-0.2, -0.15) is 0 Å². The molecule has 2 fully saturated rings. The molecular weight excluding hydrogens is 246 g/mol. The van der Waals surface area contributed by atoms with Gasteiger partial charge in [0.05, 0.1) is 0 Å². The third-order valence-corrected chi connectivity index (χ3v) is 6.48. The minimum absolute atomic E-state index is 0.348. The van der Waals surface area contributed by atoms with Gasteiger partial charge in [-0.1, -0.05) is 25.8 Å². The first-order valence-electron chi connectivity index (χ1n) is 8.14. The molecule has 108 valence electrons. The molecule has 4 rings (SSSR count). The molecule has 1 heterocycles. The van der Waals surface area contributed by atoms with Crippen molar-refractivity contribution >= 4 is 0 Å². The predicted octanol–water partition coefficient (Wildman–Crippen LogP) is 3.33. The molecule has 2 heteroatoms. The summed E-state index contributed by atoms with van der Waals surface area (Å²) < 4.78 is 0. The molecule has 20 heavy (non-hydrogen) atoms. The van der Waals surface area contributed by atoms with Crippen molar-refractivity contribution in [2.45, 2.75) is 50.5 Å². The first kappa shape index (κ1) is 12.7. The Balaban J connectivity index is 1.92. The zero-order valence-corrected chi connectivity index (χ0v) is 12.6. The summed E-state index contributed by atoms with van der Waals surface area (Å²) in [6.45, 7) is 3.67. The lowest BCUT2D eigenvalue weighted by Crippen LogP contribution is -2.61. The molecule has 1 N–H and O–H groups in total. The van der Waals surface area contributed by atoms with E-state index in [9.17, 15) is 5.11 Å². The van der Waals surface area contributed by atoms with Crippen LogP contribution in [-0.2, 0) is 11.8 Å². The molecule has 3 aliphatic rings. The second-order valence-electron chi connectivity index (χ2n) is 7.39. The zero-order valence-electron chi connectivity index (χ0n) is 12.6. The Morgan fingerprint density at radius 3 is 3.00 bits per heavy atom. The third kappa shape index (κ3) is 1.54. The topological polar surface area (TPSA) is 23.5 Å². The number of phenols is 1. The SMILES string of the molecule is C[C@H]1CCC[C@]23CCN(C)[C@H](Cc4ccc(O)cc42)C13. The maximum absolute atomic E-state index is 9.98. The van der Waals surface area contributed by atoms with E-state index in [1.807, 2.05) is 6.07 Å². The number of hydrogen-bond acceptors (Lipinski definition) is 2. The van der Waals surface area contributed by atoms with Crippen molar-refractivity contribution in [1.29, 1.82) is 0 Å². The van der Waals surface area contributed by atoms with E-state index in [-0.39, 0.29) is 0 Å². The van der Waals surface area contributed by atoms with Crippen molar-refractivity contribution in [3.05, 3.63) is 29.3 Å². The zero-order chi connectivity index (χ0) is 13.9. The van der Waals surface area contributed by atoms with E-state index in [0.29, 0.717) is 17.2 Å². The van der Waals surface area contributed by atoms with Gasteiger partial charge in [0.1, 0.15) is 5.75 Å². The van der Waals surface area contributed by atoms with Crippen molar-refractivity contribution in [1.82, 2.24) is 4.90 Å². The number of aromatic hydroxyl groups is 1. The highest BCUT2D eigenvalue weighted by atomic mass is 16.3. The summed E-state index contributed by atoms with van der Waals surface area (Å²) in [5, 5.41) is 9.98. The summed E-state index contributed by atoms with van der Waals surface area (Å²) >= 11 is 0. The van der Waals surface area contributed by atoms with Crippen LogP contribution in [-0.4, -0.2) is 29.6 Å². The van der Waals surface area contributed by atoms with Gasteiger partial charge in [0.15, 0.2) is 0 Å². The molecule has 2 nitrogen and oxygen atoms in total. The monoisotopic (exact) mass is 271 g/mol. The van der Waals surface area contributed by atoms with Crippen molar-refractivity contribution in [2.24, 2.45) is 11.8 Å². The minimum Gasteiger partial charge on any atom is -0.508 e. The molecule has 1 aromatic rings. The number of piperidine rings is 1. The first-order valence-corrected chi connectivity index (χ1v) is 8.14. The Hall–Kier alpha value is -1.02. The van der Waals surface area contributed by atoms with E-state index in [0.717, 1.165) is 11.8 Å². The lowest BCUT2D eigenvalue weighted by atomic mass is 9.50. The van der Waals surface area contributed by atoms with Crippen LogP contribution in [0.15, 0.2) is 18.2 Å². The summed E-state index contributed by atoms with van der Waals surface area (Å²) in [7, 11) is 2.31. The van der Waals surface area contributed by atoms with Crippen LogP contribution in [0.4, 0.5) is 0 Å². The van der Waals surface area contributed by atoms with Crippen LogP contribution in [0.25, 0.3) is 0 Å². The second-order valence-corrected chi connectivity index (χ2v) is 7.39. The number of benzene rings is 1. The van der Waals surface area contributed by atoms with E-state index in [1.54, 1.807) is 0 Å². The fourth-order valence-electron chi connectivity index (χ4n) is 5.65. The molecule has 0 aromatic heterocycles. The third-order valence-electron chi connectivity index (χ3n) is 6.48. The number of phenolic OH excluding ortho intramolecular Hbond substituents is 1. The molecule has 4 atom stereocenters. The van der Waals surface area contributed by atoms with E-state index in [2.05, 4.69) is 31.0 Å². The summed E-state index contributed by atoms with van der Waals surface area (Å²) in [6, 6.07) is 6.84. The minimum atomic E-state index is 0.348. The molecule has 1 aliphatic heterocycles. The average Bonchev–Trinajstić information content (AvgIpc) is 2.44. The fraction of sp³-hybridized carbons (Fsp3) is 0.667. The normalized spacial score (nSPS) is 40.0. The highest BCUT2D eigenvalue weighted by molar-refractivity contribution is 5.45. The van der Waals surface area contributed by atoms with Gasteiger partial charge in [-0.05, 0) is 68.0 Å². The predicted molar refractivity (Wildman–Crippen MR) is 81.0 cm³/mol. The lowest BCUT2D eigenvalue weighted by Gasteiger charge is -2.60. The number of hydrogen-bond donors (Lipinski definition) is 1.